The number of hydrogen-bond donors (Lipinski definition) is 3. The van der Waals surface area contributed by atoms with E-state index in [0.717, 1.165) is 19.5 Å². The van der Waals surface area contributed by atoms with Crippen molar-refractivity contribution in [1.29, 1.82) is 0 Å². The van der Waals surface area contributed by atoms with Crippen LogP contribution in [0, 0.1) is 12.7 Å². The van der Waals surface area contributed by atoms with Crippen molar-refractivity contribution in [2.45, 2.75) is 24.3 Å². The van der Waals surface area contributed by atoms with Crippen LogP contribution in [0.15, 0.2) is 29.4 Å². The van der Waals surface area contributed by atoms with Gasteiger partial charge in [-0.15, -0.1) is 0 Å². The summed E-state index contributed by atoms with van der Waals surface area (Å²) in [5.74, 6) is 1.08. The zero-order chi connectivity index (χ0) is 19.2. The standard InChI is InChI=1S/C17H22FN5O2S2/c1-12-4-2-5-13(16(12)18)11-26-17-20-14(19-6-9-24)10-15(21-17)22-27(25)23-7-3-8-23/h2,4-5,10,24H,3,6-9,11H2,1H3,(H2,19,20,21,22). The second-order valence-corrected chi connectivity index (χ2v) is 8.20. The van der Waals surface area contributed by atoms with Gasteiger partial charge in [0.15, 0.2) is 16.3 Å². The Morgan fingerprint density at radius 3 is 2.81 bits per heavy atom. The summed E-state index contributed by atoms with van der Waals surface area (Å²) in [6.07, 6.45) is 1.03. The molecule has 1 aromatic heterocycles. The highest BCUT2D eigenvalue weighted by Gasteiger charge is 2.21. The molecule has 10 heteroatoms. The van der Waals surface area contributed by atoms with Crippen LogP contribution in [0.25, 0.3) is 0 Å². The predicted molar refractivity (Wildman–Crippen MR) is 106 cm³/mol. The highest BCUT2D eigenvalue weighted by atomic mass is 32.2. The lowest BCUT2D eigenvalue weighted by atomic mass is 10.1. The minimum atomic E-state index is -1.35. The largest absolute Gasteiger partial charge is 0.395 e. The number of thioether (sulfide) groups is 1. The molecule has 0 aliphatic carbocycles. The molecule has 0 amide bonds. The van der Waals surface area contributed by atoms with Gasteiger partial charge < -0.3 is 10.4 Å². The van der Waals surface area contributed by atoms with E-state index in [1.807, 2.05) is 6.07 Å². The summed E-state index contributed by atoms with van der Waals surface area (Å²) in [6, 6.07) is 6.93. The molecule has 1 aliphatic heterocycles. The third kappa shape index (κ3) is 5.38. The Labute approximate surface area is 164 Å². The fraction of sp³-hybridized carbons (Fsp3) is 0.412. The Balaban J connectivity index is 1.74. The van der Waals surface area contributed by atoms with Crippen LogP contribution >= 0.6 is 11.8 Å². The van der Waals surface area contributed by atoms with Gasteiger partial charge >= 0.3 is 0 Å². The van der Waals surface area contributed by atoms with Crippen molar-refractivity contribution in [3.8, 4) is 0 Å². The van der Waals surface area contributed by atoms with Gasteiger partial charge in [-0.1, -0.05) is 30.0 Å². The van der Waals surface area contributed by atoms with E-state index in [0.29, 0.717) is 40.2 Å². The number of nitrogens with zero attached hydrogens (tertiary/aromatic N) is 3. The van der Waals surface area contributed by atoms with Crippen molar-refractivity contribution in [2.24, 2.45) is 0 Å². The Bertz CT molecular complexity index is 820. The fourth-order valence-electron chi connectivity index (χ4n) is 2.39. The Morgan fingerprint density at radius 2 is 2.11 bits per heavy atom. The van der Waals surface area contributed by atoms with E-state index < -0.39 is 11.2 Å². The first-order valence-corrected chi connectivity index (χ1v) is 10.7. The highest BCUT2D eigenvalue weighted by Crippen LogP contribution is 2.25. The molecular weight excluding hydrogens is 389 g/mol. The minimum absolute atomic E-state index is 0.0382. The van der Waals surface area contributed by atoms with E-state index in [-0.39, 0.29) is 12.4 Å². The maximum Gasteiger partial charge on any atom is 0.197 e. The molecule has 0 spiro atoms. The van der Waals surface area contributed by atoms with Crippen LogP contribution in [0.4, 0.5) is 16.0 Å². The van der Waals surface area contributed by atoms with Crippen molar-refractivity contribution < 1.29 is 13.7 Å². The number of rotatable bonds is 9. The summed E-state index contributed by atoms with van der Waals surface area (Å²) in [6.45, 7) is 3.60. The molecule has 0 saturated carbocycles. The minimum Gasteiger partial charge on any atom is -0.395 e. The van der Waals surface area contributed by atoms with E-state index in [1.54, 1.807) is 29.4 Å². The van der Waals surface area contributed by atoms with Gasteiger partial charge in [-0.05, 0) is 24.5 Å². The van der Waals surface area contributed by atoms with E-state index in [1.165, 1.54) is 11.8 Å². The van der Waals surface area contributed by atoms with Gasteiger partial charge in [-0.25, -0.2) is 22.9 Å². The smallest absolute Gasteiger partial charge is 0.197 e. The van der Waals surface area contributed by atoms with Crippen LogP contribution in [-0.4, -0.2) is 49.8 Å². The molecule has 2 heterocycles. The average molecular weight is 412 g/mol. The number of nitrogens with one attached hydrogen (secondary N) is 2. The SMILES string of the molecule is Cc1cccc(CSc2nc(NCCO)cc(NS(=O)N3CCC3)n2)c1F. The molecule has 1 aliphatic rings. The first-order chi connectivity index (χ1) is 13.1. The topological polar surface area (TPSA) is 90.4 Å². The predicted octanol–water partition coefficient (Wildman–Crippen LogP) is 2.32. The monoisotopic (exact) mass is 411 g/mol. The molecule has 3 N–H and O–H groups in total. The average Bonchev–Trinajstić information content (AvgIpc) is 2.59. The number of anilines is 2. The second kappa shape index (κ2) is 9.45. The van der Waals surface area contributed by atoms with Gasteiger partial charge in [0.2, 0.25) is 0 Å². The van der Waals surface area contributed by atoms with Crippen molar-refractivity contribution >= 4 is 34.6 Å². The third-order valence-electron chi connectivity index (χ3n) is 3.99. The molecule has 7 nitrogen and oxygen atoms in total. The summed E-state index contributed by atoms with van der Waals surface area (Å²) in [4.78, 5) is 8.76. The molecule has 1 saturated heterocycles. The Kier molecular flexibility index (Phi) is 7.00. The van der Waals surface area contributed by atoms with Gasteiger partial charge in [-0.3, -0.25) is 4.72 Å². The van der Waals surface area contributed by atoms with Gasteiger partial charge in [0.25, 0.3) is 0 Å². The maximum absolute atomic E-state index is 14.2. The van der Waals surface area contributed by atoms with Gasteiger partial charge in [0.05, 0.1) is 6.61 Å². The first kappa shape index (κ1) is 20.0. The number of benzene rings is 1. The highest BCUT2D eigenvalue weighted by molar-refractivity contribution is 7.98. The van der Waals surface area contributed by atoms with Gasteiger partial charge in [-0.2, -0.15) is 0 Å². The van der Waals surface area contributed by atoms with Crippen LogP contribution in [-0.2, 0) is 16.9 Å². The number of halogens is 1. The summed E-state index contributed by atoms with van der Waals surface area (Å²) < 4.78 is 31.1. The quantitative estimate of drug-likeness (QED) is 0.433. The molecule has 1 fully saturated rings. The molecule has 146 valence electrons. The number of aryl methyl sites for hydroxylation is 1. The van der Waals surface area contributed by atoms with E-state index >= 15 is 0 Å². The number of aliphatic hydroxyl groups excluding tert-OH is 1. The van der Waals surface area contributed by atoms with Crippen LogP contribution < -0.4 is 10.0 Å². The van der Waals surface area contributed by atoms with Crippen LogP contribution in [0.1, 0.15) is 17.5 Å². The molecular formula is C17H22FN5O2S2. The van der Waals surface area contributed by atoms with E-state index in [2.05, 4.69) is 20.0 Å². The molecule has 27 heavy (non-hydrogen) atoms. The van der Waals surface area contributed by atoms with Crippen LogP contribution in [0.5, 0.6) is 0 Å². The summed E-state index contributed by atoms with van der Waals surface area (Å²) in [5, 5.41) is 12.4. The molecule has 1 aromatic carbocycles. The summed E-state index contributed by atoms with van der Waals surface area (Å²) in [7, 11) is 0. The van der Waals surface area contributed by atoms with Crippen LogP contribution in [0.2, 0.25) is 0 Å². The molecule has 3 rings (SSSR count). The van der Waals surface area contributed by atoms with Gasteiger partial charge in [0, 0.05) is 31.5 Å². The summed E-state index contributed by atoms with van der Waals surface area (Å²) in [5.41, 5.74) is 1.18. The van der Waals surface area contributed by atoms with Crippen molar-refractivity contribution in [1.82, 2.24) is 14.3 Å². The van der Waals surface area contributed by atoms with Gasteiger partial charge in [0.1, 0.15) is 17.5 Å². The number of aliphatic hydroxyl groups is 1. The van der Waals surface area contributed by atoms with Crippen molar-refractivity contribution in [3.63, 3.8) is 0 Å². The maximum atomic E-state index is 14.2. The van der Waals surface area contributed by atoms with Crippen molar-refractivity contribution in [3.05, 3.63) is 41.2 Å². The lowest BCUT2D eigenvalue weighted by Crippen LogP contribution is -2.41. The zero-order valence-electron chi connectivity index (χ0n) is 14.9. The Morgan fingerprint density at radius 1 is 1.33 bits per heavy atom. The third-order valence-corrected chi connectivity index (χ3v) is 6.11. The fourth-order valence-corrected chi connectivity index (χ4v) is 4.22. The number of aromatic nitrogens is 2. The van der Waals surface area contributed by atoms with Crippen LogP contribution in [0.3, 0.4) is 0 Å². The molecule has 1 atom stereocenters. The lowest BCUT2D eigenvalue weighted by molar-refractivity contribution is 0.311. The molecule has 0 bridgehead atoms. The van der Waals surface area contributed by atoms with E-state index in [4.69, 9.17) is 5.11 Å². The first-order valence-electron chi connectivity index (χ1n) is 8.61. The zero-order valence-corrected chi connectivity index (χ0v) is 16.6. The molecule has 0 radical (unpaired) electrons. The normalized spacial score (nSPS) is 15.2. The van der Waals surface area contributed by atoms with Crippen molar-refractivity contribution in [2.75, 3.05) is 36.3 Å². The molecule has 2 aromatic rings. The second-order valence-electron chi connectivity index (χ2n) is 6.04. The summed E-state index contributed by atoms with van der Waals surface area (Å²) >= 11 is -0.0551. The molecule has 1 unspecified atom stereocenters. The lowest BCUT2D eigenvalue weighted by Gasteiger charge is -2.28. The Hall–Kier alpha value is -1.75. The number of hydrogen-bond acceptors (Lipinski definition) is 6. The van der Waals surface area contributed by atoms with E-state index in [9.17, 15) is 8.60 Å².